The van der Waals surface area contributed by atoms with E-state index < -0.39 is 0 Å². The first-order valence-corrected chi connectivity index (χ1v) is 23.2. The molecule has 4 aliphatic heterocycles. The molecule has 63 heavy (non-hydrogen) atoms. The molecule has 16 N–H and O–H groups in total. The van der Waals surface area contributed by atoms with Crippen molar-refractivity contribution in [3.05, 3.63) is 129 Å². The van der Waals surface area contributed by atoms with Crippen LogP contribution in [-0.4, -0.2) is 50.3 Å². The van der Waals surface area contributed by atoms with Gasteiger partial charge in [-0.3, -0.25) is 0 Å². The van der Waals surface area contributed by atoms with E-state index in [-0.39, 0.29) is 93.6 Å². The molecule has 6 unspecified atom stereocenters. The second-order valence-electron chi connectivity index (χ2n) is 18.1. The van der Waals surface area contributed by atoms with E-state index in [9.17, 15) is 0 Å². The summed E-state index contributed by atoms with van der Waals surface area (Å²) in [6.07, 6.45) is 31.6. The van der Waals surface area contributed by atoms with Crippen LogP contribution in [0, 0.1) is 0 Å². The van der Waals surface area contributed by atoms with E-state index in [1.165, 1.54) is 165 Å². The van der Waals surface area contributed by atoms with Gasteiger partial charge in [-0.25, -0.2) is 0 Å². The second kappa shape index (κ2) is 35.4. The van der Waals surface area contributed by atoms with Crippen LogP contribution in [0.15, 0.2) is 36.4 Å². The molecule has 12 nitrogen and oxygen atoms in total. The summed E-state index contributed by atoms with van der Waals surface area (Å²) < 4.78 is 0. The maximum atomic E-state index is 5.34. The van der Waals surface area contributed by atoms with Gasteiger partial charge in [-0.1, -0.05) is 179 Å². The molecular weight excluding hydrogens is 959 g/mol. The Morgan fingerprint density at radius 1 is 0.429 bits per heavy atom. The molecule has 5 aliphatic rings. The standard InChI is InChI=1S/C49H74N4.8H2N.2Ru/c1-3-5-7-9-11-15-29-49(30-16-12-10-8-6-4-2)43-33-37(39-23-27-47(52-35-39)45-19-13-17-31-50-45)21-25-41(43)42-26-22-38(34-44(42)49)40-24-28-48(53-36-40)46-20-14-18-32-51-46;;;;;;;;;;/h21-22,25-26,33-34,39-40,45-48H,3-20,23-24,27-32,35-36H2,1-2H3;8*1H2;;/q-4;8*-1;2*+6. The number of fused-ring (bicyclic) bond motifs is 3. The topological polar surface area (TPSA) is 324 Å². The van der Waals surface area contributed by atoms with Gasteiger partial charge in [0.05, 0.1) is 0 Å². The van der Waals surface area contributed by atoms with Crippen LogP contribution < -0.4 is 0 Å². The first-order chi connectivity index (χ1) is 26.2. The number of rotatable bonds is 18. The predicted octanol–water partition coefficient (Wildman–Crippen LogP) is 20.3. The van der Waals surface area contributed by atoms with Crippen LogP contribution in [0.1, 0.15) is 202 Å². The van der Waals surface area contributed by atoms with Gasteiger partial charge in [-0.2, -0.15) is 24.2 Å². The molecule has 4 saturated heterocycles. The van der Waals surface area contributed by atoms with Crippen LogP contribution in [0.2, 0.25) is 0 Å². The smallest absolute Gasteiger partial charge is 0.693 e. The molecule has 0 radical (unpaired) electrons. The van der Waals surface area contributed by atoms with E-state index in [4.69, 9.17) is 21.3 Å². The molecule has 4 fully saturated rings. The third kappa shape index (κ3) is 17.3. The molecule has 0 aromatic heterocycles. The minimum Gasteiger partial charge on any atom is -0.693 e. The van der Waals surface area contributed by atoms with Gasteiger partial charge in [0.15, 0.2) is 0 Å². The summed E-state index contributed by atoms with van der Waals surface area (Å²) in [5.41, 5.74) is 9.64. The minimum absolute atomic E-state index is 0. The summed E-state index contributed by atoms with van der Waals surface area (Å²) in [4.78, 5) is 0. The summed E-state index contributed by atoms with van der Waals surface area (Å²) in [6.45, 7) is 8.75. The van der Waals surface area contributed by atoms with Crippen LogP contribution in [0.25, 0.3) is 81.6 Å². The SMILES string of the molecule is CCCCCCCCC1(CCCCCCCC)c2cc(C3CCC(C4CCCC[N-]4)[N-]C3)ccc2-c2ccc(C3CCC(C4CCCC[N-]4)[N-]C3)cc21.[NH2-].[NH2-].[NH2-].[NH2-].[NH2-].[NH2-].[NH2-].[NH2-].[Ru+6].[Ru+6]. The Kier molecular flexibility index (Phi) is 38.6. The molecule has 6 atom stereocenters. The molecule has 4 heterocycles. The van der Waals surface area contributed by atoms with Crippen molar-refractivity contribution in [1.29, 1.82) is 0 Å². The number of hydrogen-bond acceptors (Lipinski definition) is 0. The fourth-order valence-corrected chi connectivity index (χ4v) is 11.2. The van der Waals surface area contributed by atoms with Crippen molar-refractivity contribution in [2.24, 2.45) is 0 Å². The number of piperidine rings is 4. The van der Waals surface area contributed by atoms with Crippen LogP contribution in [-0.2, 0) is 44.4 Å². The van der Waals surface area contributed by atoms with Crippen molar-refractivity contribution < 1.29 is 39.0 Å². The van der Waals surface area contributed by atoms with Crippen molar-refractivity contribution in [2.45, 2.75) is 209 Å². The van der Waals surface area contributed by atoms with Crippen molar-refractivity contribution in [1.82, 2.24) is 0 Å². The molecule has 2 aromatic rings. The summed E-state index contributed by atoms with van der Waals surface area (Å²) >= 11 is 0. The zero-order chi connectivity index (χ0) is 36.3. The normalized spacial score (nSPS) is 23.9. The quantitative estimate of drug-likeness (QED) is 0.0993. The fraction of sp³-hybridized carbons (Fsp3) is 0.755. The van der Waals surface area contributed by atoms with Gasteiger partial charge in [0, 0.05) is 5.41 Å². The molecular formula is C49H90N12Ru2. The van der Waals surface area contributed by atoms with E-state index in [1.54, 1.807) is 22.3 Å². The van der Waals surface area contributed by atoms with E-state index in [0.717, 1.165) is 26.2 Å². The number of nitrogens with zero attached hydrogens (tertiary/aromatic N) is 4. The molecule has 14 heteroatoms. The molecule has 362 valence electrons. The largest absolute Gasteiger partial charge is 6.00 e. The van der Waals surface area contributed by atoms with Crippen LogP contribution in [0.3, 0.4) is 0 Å². The Hall–Kier alpha value is -0.793. The molecule has 2 aromatic carbocycles. The number of nitrogens with two attached hydrogens (primary N) is 8. The van der Waals surface area contributed by atoms with Crippen LogP contribution in [0.5, 0.6) is 0 Å². The van der Waals surface area contributed by atoms with Crippen LogP contribution >= 0.6 is 0 Å². The summed E-state index contributed by atoms with van der Waals surface area (Å²) in [7, 11) is 0. The van der Waals surface area contributed by atoms with Gasteiger partial charge in [-0.15, -0.1) is 26.2 Å². The Morgan fingerprint density at radius 2 is 0.794 bits per heavy atom. The molecule has 0 bridgehead atoms. The zero-order valence-electron chi connectivity index (χ0n) is 39.3. The molecule has 0 saturated carbocycles. The third-order valence-electron chi connectivity index (χ3n) is 14.4. The van der Waals surface area contributed by atoms with Gasteiger partial charge in [0.1, 0.15) is 0 Å². The number of hydrogen-bond donors (Lipinski definition) is 0. The van der Waals surface area contributed by atoms with Crippen molar-refractivity contribution in [2.75, 3.05) is 26.2 Å². The van der Waals surface area contributed by atoms with Crippen molar-refractivity contribution >= 4 is 0 Å². The molecule has 7 rings (SSSR count). The Balaban J connectivity index is -0.00000174. The molecule has 0 spiro atoms. The maximum absolute atomic E-state index is 5.34. The maximum Gasteiger partial charge on any atom is 6.00 e. The Bertz CT molecular complexity index is 1300. The van der Waals surface area contributed by atoms with E-state index in [1.807, 2.05) is 0 Å². The monoisotopic (exact) mass is 1050 g/mol. The summed E-state index contributed by atoms with van der Waals surface area (Å²) in [5, 5.41) is 20.7. The summed E-state index contributed by atoms with van der Waals surface area (Å²) in [6, 6.07) is 17.4. The Labute approximate surface area is 412 Å². The first-order valence-electron chi connectivity index (χ1n) is 23.2. The number of benzene rings is 2. The van der Waals surface area contributed by atoms with E-state index in [2.05, 4.69) is 50.2 Å². The average molecular weight is 1050 g/mol. The summed E-state index contributed by atoms with van der Waals surface area (Å²) in [5.74, 6) is 1.10. The molecule has 0 amide bonds. The van der Waals surface area contributed by atoms with E-state index >= 15 is 0 Å². The van der Waals surface area contributed by atoms with Gasteiger partial charge in [0.25, 0.3) is 0 Å². The first kappa shape index (κ1) is 68.8. The van der Waals surface area contributed by atoms with Gasteiger partial charge < -0.3 is 70.5 Å². The van der Waals surface area contributed by atoms with Crippen LogP contribution in [0.4, 0.5) is 0 Å². The molecule has 1 aliphatic carbocycles. The fourth-order valence-electron chi connectivity index (χ4n) is 11.2. The Morgan fingerprint density at radius 3 is 1.13 bits per heavy atom. The van der Waals surface area contributed by atoms with Gasteiger partial charge in [0.2, 0.25) is 0 Å². The average Bonchev–Trinajstić information content (AvgIpc) is 3.49. The van der Waals surface area contributed by atoms with Gasteiger partial charge >= 0.3 is 39.0 Å². The number of unbranched alkanes of at least 4 members (excludes halogenated alkanes) is 10. The van der Waals surface area contributed by atoms with Gasteiger partial charge in [-0.05, 0) is 70.9 Å². The van der Waals surface area contributed by atoms with Crippen molar-refractivity contribution in [3.8, 4) is 11.1 Å². The minimum atomic E-state index is 0. The predicted molar refractivity (Wildman–Crippen MR) is 271 cm³/mol. The second-order valence-corrected chi connectivity index (χ2v) is 18.1. The van der Waals surface area contributed by atoms with Crippen molar-refractivity contribution in [3.63, 3.8) is 0 Å². The third-order valence-corrected chi connectivity index (χ3v) is 14.4. The van der Waals surface area contributed by atoms with E-state index in [0.29, 0.717) is 36.0 Å². The zero-order valence-corrected chi connectivity index (χ0v) is 42.8.